The highest BCUT2D eigenvalue weighted by Gasteiger charge is 2.25. The van der Waals surface area contributed by atoms with Crippen LogP contribution in [0.2, 0.25) is 0 Å². The number of rotatable bonds is 4. The fraction of sp³-hybridized carbons (Fsp3) is 0.348. The maximum atomic E-state index is 13.3. The van der Waals surface area contributed by atoms with Gasteiger partial charge >= 0.3 is 0 Å². The first-order valence-electron chi connectivity index (χ1n) is 10.1. The third-order valence-electron chi connectivity index (χ3n) is 5.62. The van der Waals surface area contributed by atoms with Crippen LogP contribution < -0.4 is 5.56 Å². The maximum absolute atomic E-state index is 13.3. The third kappa shape index (κ3) is 3.77. The van der Waals surface area contributed by atoms with Gasteiger partial charge in [0.05, 0.1) is 11.0 Å². The Balaban J connectivity index is 1.85. The number of hydrogen-bond acceptors (Lipinski definition) is 4. The van der Waals surface area contributed by atoms with Crippen molar-refractivity contribution in [1.82, 2.24) is 14.9 Å². The van der Waals surface area contributed by atoms with Crippen molar-refractivity contribution in [1.29, 1.82) is 0 Å². The Morgan fingerprint density at radius 2 is 1.90 bits per heavy atom. The zero-order valence-electron chi connectivity index (χ0n) is 17.0. The summed E-state index contributed by atoms with van der Waals surface area (Å²) in [6, 6.07) is 8.14. The van der Waals surface area contributed by atoms with Crippen LogP contribution in [0.1, 0.15) is 47.2 Å². The van der Waals surface area contributed by atoms with Crippen molar-refractivity contribution in [2.45, 2.75) is 40.0 Å². The van der Waals surface area contributed by atoms with Gasteiger partial charge in [-0.05, 0) is 55.9 Å². The molecule has 0 radical (unpaired) electrons. The average Bonchev–Trinajstić information content (AvgIpc) is 3.35. The third-order valence-corrected chi connectivity index (χ3v) is 6.72. The Morgan fingerprint density at radius 1 is 1.21 bits per heavy atom. The van der Waals surface area contributed by atoms with E-state index in [4.69, 9.17) is 0 Å². The molecule has 0 spiro atoms. The van der Waals surface area contributed by atoms with E-state index in [1.807, 2.05) is 37.0 Å². The molecule has 1 saturated heterocycles. The van der Waals surface area contributed by atoms with E-state index in [-0.39, 0.29) is 11.5 Å². The number of nitrogens with zero attached hydrogens (tertiary/aromatic N) is 2. The SMILES string of the molecule is CCc1ccc(/C=C(/C(=O)N2CCCC2)c2nc3sc(C)c(C)c3c(=O)[nH]2)cc1. The van der Waals surface area contributed by atoms with E-state index in [9.17, 15) is 9.59 Å². The standard InChI is InChI=1S/C23H25N3O2S/c1-4-16-7-9-17(10-8-16)13-18(23(28)26-11-5-6-12-26)20-24-21(27)19-14(2)15(3)29-22(19)25-20/h7-10,13H,4-6,11-12H2,1-3H3,(H,24,25,27)/b18-13+. The van der Waals surface area contributed by atoms with Crippen LogP contribution in [0.15, 0.2) is 29.1 Å². The normalized spacial score (nSPS) is 14.7. The summed E-state index contributed by atoms with van der Waals surface area (Å²) in [5.74, 6) is 0.273. The molecule has 4 rings (SSSR count). The van der Waals surface area contributed by atoms with Crippen LogP contribution >= 0.6 is 11.3 Å². The summed E-state index contributed by atoms with van der Waals surface area (Å²) in [6.07, 6.45) is 4.83. The van der Waals surface area contributed by atoms with Crippen molar-refractivity contribution in [3.63, 3.8) is 0 Å². The second kappa shape index (κ2) is 7.95. The predicted octanol–water partition coefficient (Wildman–Crippen LogP) is 4.33. The Bertz CT molecular complexity index is 1150. The van der Waals surface area contributed by atoms with Gasteiger partial charge in [-0.15, -0.1) is 11.3 Å². The number of carbonyl (C=O) groups excluding carboxylic acids is 1. The summed E-state index contributed by atoms with van der Waals surface area (Å²) in [7, 11) is 0. The molecule has 29 heavy (non-hydrogen) atoms. The van der Waals surface area contributed by atoms with Gasteiger partial charge in [-0.1, -0.05) is 31.2 Å². The number of hydrogen-bond donors (Lipinski definition) is 1. The van der Waals surface area contributed by atoms with Crippen LogP contribution in [-0.4, -0.2) is 33.9 Å². The minimum atomic E-state index is -0.187. The fourth-order valence-electron chi connectivity index (χ4n) is 3.72. The van der Waals surface area contributed by atoms with Gasteiger partial charge in [-0.25, -0.2) is 4.98 Å². The summed E-state index contributed by atoms with van der Waals surface area (Å²) in [5, 5.41) is 0.622. The highest BCUT2D eigenvalue weighted by Crippen LogP contribution is 2.28. The van der Waals surface area contributed by atoms with Gasteiger partial charge in [0.1, 0.15) is 10.7 Å². The number of aromatic nitrogens is 2. The summed E-state index contributed by atoms with van der Waals surface area (Å²) in [5.41, 5.74) is 3.38. The molecule has 5 nitrogen and oxygen atoms in total. The first kappa shape index (κ1) is 19.6. The fourth-order valence-corrected chi connectivity index (χ4v) is 4.75. The topological polar surface area (TPSA) is 66.1 Å². The van der Waals surface area contributed by atoms with E-state index >= 15 is 0 Å². The number of nitrogens with one attached hydrogen (secondary N) is 1. The van der Waals surface area contributed by atoms with Crippen LogP contribution in [0.25, 0.3) is 21.9 Å². The van der Waals surface area contributed by atoms with Crippen LogP contribution in [0.5, 0.6) is 0 Å². The van der Waals surface area contributed by atoms with Crippen molar-refractivity contribution >= 4 is 39.1 Å². The van der Waals surface area contributed by atoms with Gasteiger partial charge in [-0.3, -0.25) is 9.59 Å². The molecule has 3 heterocycles. The second-order valence-corrected chi connectivity index (χ2v) is 8.73. The van der Waals surface area contributed by atoms with Gasteiger partial charge in [0, 0.05) is 18.0 Å². The molecule has 1 aliphatic rings. The van der Waals surface area contributed by atoms with Gasteiger partial charge in [-0.2, -0.15) is 0 Å². The Morgan fingerprint density at radius 3 is 2.55 bits per heavy atom. The lowest BCUT2D eigenvalue weighted by molar-refractivity contribution is -0.123. The van der Waals surface area contributed by atoms with Crippen molar-refractivity contribution in [2.75, 3.05) is 13.1 Å². The molecule has 0 atom stereocenters. The molecule has 1 aliphatic heterocycles. The summed E-state index contributed by atoms with van der Waals surface area (Å²) in [6.45, 7) is 7.53. The first-order chi connectivity index (χ1) is 14.0. The molecule has 150 valence electrons. The zero-order chi connectivity index (χ0) is 20.5. The van der Waals surface area contributed by atoms with Crippen LogP contribution in [0, 0.1) is 13.8 Å². The van der Waals surface area contributed by atoms with E-state index in [0.717, 1.165) is 48.4 Å². The number of H-pyrrole nitrogens is 1. The lowest BCUT2D eigenvalue weighted by Crippen LogP contribution is -2.29. The number of thiophene rings is 1. The Labute approximate surface area is 174 Å². The van der Waals surface area contributed by atoms with E-state index in [0.29, 0.717) is 21.6 Å². The zero-order valence-corrected chi connectivity index (χ0v) is 17.9. The molecule has 1 N–H and O–H groups in total. The number of aryl methyl sites for hydroxylation is 3. The van der Waals surface area contributed by atoms with Gasteiger partial charge < -0.3 is 9.88 Å². The largest absolute Gasteiger partial charge is 0.339 e. The molecule has 3 aromatic rings. The highest BCUT2D eigenvalue weighted by atomic mass is 32.1. The molecule has 0 unspecified atom stereocenters. The summed E-state index contributed by atoms with van der Waals surface area (Å²) < 4.78 is 0. The van der Waals surface area contributed by atoms with Gasteiger partial charge in [0.15, 0.2) is 0 Å². The number of fused-ring (bicyclic) bond motifs is 1. The van der Waals surface area contributed by atoms with Crippen molar-refractivity contribution in [3.8, 4) is 0 Å². The minimum absolute atomic E-state index is 0.0745. The number of carbonyl (C=O) groups is 1. The number of benzene rings is 1. The van der Waals surface area contributed by atoms with Crippen LogP contribution in [0.4, 0.5) is 0 Å². The van der Waals surface area contributed by atoms with E-state index in [2.05, 4.69) is 29.0 Å². The molecular formula is C23H25N3O2S. The van der Waals surface area contributed by atoms with Crippen molar-refractivity contribution in [2.24, 2.45) is 0 Å². The Hall–Kier alpha value is -2.73. The van der Waals surface area contributed by atoms with Crippen molar-refractivity contribution in [3.05, 3.63) is 62.0 Å². The smallest absolute Gasteiger partial charge is 0.260 e. The summed E-state index contributed by atoms with van der Waals surface area (Å²) >= 11 is 1.50. The minimum Gasteiger partial charge on any atom is -0.339 e. The van der Waals surface area contributed by atoms with E-state index in [1.54, 1.807) is 0 Å². The first-order valence-corrected chi connectivity index (χ1v) is 10.9. The predicted molar refractivity (Wildman–Crippen MR) is 119 cm³/mol. The van der Waals surface area contributed by atoms with E-state index in [1.165, 1.54) is 16.9 Å². The number of aromatic amines is 1. The molecule has 1 aromatic carbocycles. The molecule has 0 saturated carbocycles. The lowest BCUT2D eigenvalue weighted by Gasteiger charge is -2.17. The van der Waals surface area contributed by atoms with Gasteiger partial charge in [0.25, 0.3) is 11.5 Å². The quantitative estimate of drug-likeness (QED) is 0.655. The molecule has 1 amide bonds. The molecule has 2 aromatic heterocycles. The average molecular weight is 408 g/mol. The molecule has 0 bridgehead atoms. The molecule has 1 fully saturated rings. The lowest BCUT2D eigenvalue weighted by atomic mass is 10.1. The second-order valence-electron chi connectivity index (χ2n) is 7.53. The van der Waals surface area contributed by atoms with Crippen LogP contribution in [0.3, 0.4) is 0 Å². The van der Waals surface area contributed by atoms with Gasteiger partial charge in [0.2, 0.25) is 0 Å². The highest BCUT2D eigenvalue weighted by molar-refractivity contribution is 7.18. The summed E-state index contributed by atoms with van der Waals surface area (Å²) in [4.78, 5) is 37.2. The molecule has 0 aliphatic carbocycles. The van der Waals surface area contributed by atoms with Crippen LogP contribution in [-0.2, 0) is 11.2 Å². The maximum Gasteiger partial charge on any atom is 0.260 e. The van der Waals surface area contributed by atoms with Crippen molar-refractivity contribution < 1.29 is 4.79 Å². The number of amides is 1. The number of likely N-dealkylation sites (tertiary alicyclic amines) is 1. The molecular weight excluding hydrogens is 382 g/mol. The Kier molecular flexibility index (Phi) is 5.37. The monoisotopic (exact) mass is 407 g/mol. The van der Waals surface area contributed by atoms with E-state index < -0.39 is 0 Å². The molecule has 6 heteroatoms.